The van der Waals surface area contributed by atoms with Crippen LogP contribution in [0.4, 0.5) is 0 Å². The highest BCUT2D eigenvalue weighted by Crippen LogP contribution is 2.60. The maximum Gasteiger partial charge on any atom is 0.247 e. The van der Waals surface area contributed by atoms with E-state index in [-0.39, 0.29) is 41.7 Å². The minimum absolute atomic E-state index is 0.0709. The maximum absolute atomic E-state index is 13.2. The molecule has 2 aromatic carbocycles. The lowest BCUT2D eigenvalue weighted by Gasteiger charge is -2.47. The fraction of sp³-hybridized carbons (Fsp3) is 0.444. The molecule has 2 aliphatic rings. The fourth-order valence-electron chi connectivity index (χ4n) is 6.41. The minimum atomic E-state index is -0.367. The van der Waals surface area contributed by atoms with Crippen molar-refractivity contribution >= 4 is 29.1 Å². The molecule has 6 nitrogen and oxygen atoms in total. The maximum atomic E-state index is 13.2. The van der Waals surface area contributed by atoms with Gasteiger partial charge in [-0.2, -0.15) is 0 Å². The Morgan fingerprint density at radius 3 is 2.63 bits per heavy atom. The summed E-state index contributed by atoms with van der Waals surface area (Å²) in [6, 6.07) is 14.1. The van der Waals surface area contributed by atoms with Gasteiger partial charge in [0.1, 0.15) is 6.61 Å². The molecule has 1 N–H and O–H groups in total. The van der Waals surface area contributed by atoms with Gasteiger partial charge in [-0.1, -0.05) is 48.3 Å². The Labute approximate surface area is 215 Å². The third-order valence-corrected chi connectivity index (χ3v) is 8.56. The summed E-state index contributed by atoms with van der Waals surface area (Å²) in [6.45, 7) is 4.52. The number of rotatable bonds is 6. The first kappa shape index (κ1) is 24.3. The number of carbonyl (C=O) groups excluding carboxylic acids is 1. The topological polar surface area (TPSA) is 77.2 Å². The molecule has 0 spiro atoms. The van der Waals surface area contributed by atoms with Crippen molar-refractivity contribution in [2.24, 2.45) is 11.3 Å². The van der Waals surface area contributed by atoms with Gasteiger partial charge in [-0.05, 0) is 73.4 Å². The summed E-state index contributed by atoms with van der Waals surface area (Å²) in [6.07, 6.45) is 2.52. The first-order valence-corrected chi connectivity index (χ1v) is 12.8. The van der Waals surface area contributed by atoms with Crippen LogP contribution in [0.2, 0.25) is 10.0 Å². The van der Waals surface area contributed by atoms with Crippen LogP contribution >= 0.6 is 23.2 Å². The highest BCUT2D eigenvalue weighted by atomic mass is 35.5. The summed E-state index contributed by atoms with van der Waals surface area (Å²) in [4.78, 5) is 13.2. The van der Waals surface area contributed by atoms with E-state index in [9.17, 15) is 4.79 Å². The summed E-state index contributed by atoms with van der Waals surface area (Å²) < 4.78 is 10.8. The van der Waals surface area contributed by atoms with Crippen LogP contribution in [0.1, 0.15) is 62.0 Å². The second-order valence-electron chi connectivity index (χ2n) is 9.69. The third kappa shape index (κ3) is 4.15. The van der Waals surface area contributed by atoms with Crippen LogP contribution in [-0.2, 0) is 16.1 Å². The van der Waals surface area contributed by atoms with Crippen molar-refractivity contribution in [2.75, 3.05) is 7.11 Å². The average Bonchev–Trinajstić information content (AvgIpc) is 3.42. The molecule has 35 heavy (non-hydrogen) atoms. The third-order valence-electron chi connectivity index (χ3n) is 7.98. The van der Waals surface area contributed by atoms with E-state index in [2.05, 4.69) is 47.6 Å². The molecule has 1 saturated heterocycles. The van der Waals surface area contributed by atoms with E-state index in [1.54, 1.807) is 7.11 Å². The largest absolute Gasteiger partial charge is 0.418 e. The molecule has 2 heterocycles. The Morgan fingerprint density at radius 2 is 1.94 bits per heavy atom. The predicted octanol–water partition coefficient (Wildman–Crippen LogP) is 6.38. The van der Waals surface area contributed by atoms with Crippen molar-refractivity contribution in [2.45, 2.75) is 57.6 Å². The van der Waals surface area contributed by atoms with Gasteiger partial charge in [0.15, 0.2) is 0 Å². The van der Waals surface area contributed by atoms with Crippen molar-refractivity contribution in [1.82, 2.24) is 15.5 Å². The van der Waals surface area contributed by atoms with Crippen LogP contribution < -0.4 is 5.32 Å². The highest BCUT2D eigenvalue weighted by molar-refractivity contribution is 6.31. The SMILES string of the molecule is CC[C@@]12CC[C@@H](c3ccc(-c4nnc(COC)o4)cc3Cl)[C@H](c3ccc(Cl)cc3)[C@@H]1[C@@H](C)NC2=O. The lowest BCUT2D eigenvalue weighted by Crippen LogP contribution is -2.43. The summed E-state index contributed by atoms with van der Waals surface area (Å²) >= 11 is 13.1. The lowest BCUT2D eigenvalue weighted by atomic mass is 9.54. The summed E-state index contributed by atoms with van der Waals surface area (Å²) in [7, 11) is 1.58. The number of carbonyl (C=O) groups is 1. The van der Waals surface area contributed by atoms with Crippen molar-refractivity contribution < 1.29 is 13.9 Å². The zero-order valence-electron chi connectivity index (χ0n) is 20.1. The van der Waals surface area contributed by atoms with Crippen LogP contribution in [0.25, 0.3) is 11.5 Å². The predicted molar refractivity (Wildman–Crippen MR) is 135 cm³/mol. The van der Waals surface area contributed by atoms with Gasteiger partial charge in [0.25, 0.3) is 0 Å². The number of benzene rings is 2. The molecule has 1 aliphatic heterocycles. The van der Waals surface area contributed by atoms with Gasteiger partial charge in [0.05, 0.1) is 5.41 Å². The van der Waals surface area contributed by atoms with Crippen LogP contribution in [0.3, 0.4) is 0 Å². The number of hydrogen-bond donors (Lipinski definition) is 1. The second-order valence-corrected chi connectivity index (χ2v) is 10.5. The van der Waals surface area contributed by atoms with Gasteiger partial charge in [-0.25, -0.2) is 0 Å². The van der Waals surface area contributed by atoms with Crippen molar-refractivity contribution in [3.8, 4) is 11.5 Å². The molecule has 8 heteroatoms. The Hall–Kier alpha value is -2.41. The van der Waals surface area contributed by atoms with E-state index >= 15 is 0 Å². The van der Waals surface area contributed by atoms with Gasteiger partial charge in [0, 0.05) is 34.7 Å². The van der Waals surface area contributed by atoms with E-state index in [1.165, 1.54) is 5.56 Å². The molecule has 3 aromatic rings. The summed E-state index contributed by atoms with van der Waals surface area (Å²) in [5, 5.41) is 12.8. The molecule has 0 bridgehead atoms. The Balaban J connectivity index is 1.56. The van der Waals surface area contributed by atoms with Crippen molar-refractivity contribution in [3.63, 3.8) is 0 Å². The van der Waals surface area contributed by atoms with Crippen LogP contribution in [0.15, 0.2) is 46.9 Å². The molecule has 1 amide bonds. The summed E-state index contributed by atoms with van der Waals surface area (Å²) in [5.41, 5.74) is 2.66. The van der Waals surface area contributed by atoms with E-state index in [4.69, 9.17) is 32.4 Å². The number of hydrogen-bond acceptors (Lipinski definition) is 5. The molecular formula is C27H29Cl2N3O3. The lowest BCUT2D eigenvalue weighted by molar-refractivity contribution is -0.131. The van der Waals surface area contributed by atoms with E-state index in [1.807, 2.05) is 24.3 Å². The second kappa shape index (κ2) is 9.57. The molecule has 2 fully saturated rings. The van der Waals surface area contributed by atoms with Gasteiger partial charge in [-0.15, -0.1) is 10.2 Å². The monoisotopic (exact) mass is 513 g/mol. The zero-order valence-corrected chi connectivity index (χ0v) is 21.6. The average molecular weight is 514 g/mol. The van der Waals surface area contributed by atoms with Gasteiger partial charge in [0.2, 0.25) is 17.7 Å². The normalized spacial score (nSPS) is 28.1. The number of aromatic nitrogens is 2. The Morgan fingerprint density at radius 1 is 1.17 bits per heavy atom. The van der Waals surface area contributed by atoms with Gasteiger partial charge in [-0.3, -0.25) is 4.79 Å². The summed E-state index contributed by atoms with van der Waals surface area (Å²) in [5.74, 6) is 1.44. The zero-order chi connectivity index (χ0) is 24.7. The molecule has 5 atom stereocenters. The number of methoxy groups -OCH3 is 1. The molecule has 1 saturated carbocycles. The standard InChI is InChI=1S/C27H29Cl2N3O3/c1-4-27-12-11-20(19-10-7-17(13-21(19)29)25-32-31-22(35-25)14-34-3)23(16-5-8-18(28)9-6-16)24(27)15(2)30-26(27)33/h5-10,13,15,20,23-24H,4,11-12,14H2,1-3H3,(H,30,33)/t15-,20+,23+,24+,27-/m1/s1. The fourth-order valence-corrected chi connectivity index (χ4v) is 6.85. The number of amides is 1. The number of ether oxygens (including phenoxy) is 1. The van der Waals surface area contributed by atoms with E-state index < -0.39 is 0 Å². The Kier molecular flexibility index (Phi) is 6.64. The molecule has 1 aliphatic carbocycles. The molecule has 184 valence electrons. The number of nitrogens with one attached hydrogen (secondary N) is 1. The van der Waals surface area contributed by atoms with E-state index in [0.717, 1.165) is 30.4 Å². The number of nitrogens with zero attached hydrogens (tertiary/aromatic N) is 2. The van der Waals surface area contributed by atoms with Crippen LogP contribution in [0.5, 0.6) is 0 Å². The smallest absolute Gasteiger partial charge is 0.247 e. The Bertz CT molecular complexity index is 1230. The molecule has 5 rings (SSSR count). The molecule has 0 unspecified atom stereocenters. The molecule has 0 radical (unpaired) electrons. The first-order chi connectivity index (χ1) is 16.9. The molecular weight excluding hydrogens is 485 g/mol. The van der Waals surface area contributed by atoms with Crippen LogP contribution in [-0.4, -0.2) is 29.3 Å². The molecule has 1 aromatic heterocycles. The van der Waals surface area contributed by atoms with Crippen molar-refractivity contribution in [3.05, 3.63) is 69.5 Å². The van der Waals surface area contributed by atoms with Gasteiger partial charge < -0.3 is 14.5 Å². The highest BCUT2D eigenvalue weighted by Gasteiger charge is 2.59. The first-order valence-electron chi connectivity index (χ1n) is 12.1. The van der Waals surface area contributed by atoms with Crippen LogP contribution in [0, 0.1) is 11.3 Å². The minimum Gasteiger partial charge on any atom is -0.418 e. The number of halogens is 2. The van der Waals surface area contributed by atoms with E-state index in [0.29, 0.717) is 21.8 Å². The quantitative estimate of drug-likeness (QED) is 0.413. The number of fused-ring (bicyclic) bond motifs is 1. The van der Waals surface area contributed by atoms with Gasteiger partial charge >= 0.3 is 0 Å². The van der Waals surface area contributed by atoms with Crippen molar-refractivity contribution in [1.29, 1.82) is 0 Å².